The standard InChI is InChI=1S/C15H17NO4/c17-15(18)14-7-11-6-10(3-4-13(11)20-14)8-16-9-12-2-1-5-19-12/h3-4,6-7,12,16H,1-2,5,8-9H2,(H,17,18). The molecule has 1 aliphatic rings. The summed E-state index contributed by atoms with van der Waals surface area (Å²) < 4.78 is 10.8. The van der Waals surface area contributed by atoms with Crippen molar-refractivity contribution in [2.45, 2.75) is 25.5 Å². The first-order chi connectivity index (χ1) is 9.72. The SMILES string of the molecule is O=C(O)c1cc2cc(CNCC3CCCO3)ccc2o1. The molecule has 0 bridgehead atoms. The molecule has 5 heteroatoms. The van der Waals surface area contributed by atoms with Crippen molar-refractivity contribution in [1.29, 1.82) is 0 Å². The first kappa shape index (κ1) is 13.1. The molecule has 20 heavy (non-hydrogen) atoms. The molecule has 5 nitrogen and oxygen atoms in total. The van der Waals surface area contributed by atoms with Crippen molar-refractivity contribution in [3.8, 4) is 0 Å². The Hall–Kier alpha value is -1.85. The van der Waals surface area contributed by atoms with Crippen LogP contribution in [0.25, 0.3) is 11.0 Å². The van der Waals surface area contributed by atoms with E-state index >= 15 is 0 Å². The lowest BCUT2D eigenvalue weighted by molar-refractivity contribution is 0.0665. The monoisotopic (exact) mass is 275 g/mol. The highest BCUT2D eigenvalue weighted by Crippen LogP contribution is 2.21. The van der Waals surface area contributed by atoms with Gasteiger partial charge in [-0.2, -0.15) is 0 Å². The van der Waals surface area contributed by atoms with E-state index in [-0.39, 0.29) is 5.76 Å². The van der Waals surface area contributed by atoms with Gasteiger partial charge >= 0.3 is 5.97 Å². The molecule has 0 amide bonds. The quantitative estimate of drug-likeness (QED) is 0.876. The molecule has 1 aromatic carbocycles. The number of nitrogens with one attached hydrogen (secondary N) is 1. The first-order valence-corrected chi connectivity index (χ1v) is 6.80. The maximum absolute atomic E-state index is 10.9. The number of aromatic carboxylic acids is 1. The summed E-state index contributed by atoms with van der Waals surface area (Å²) in [5, 5.41) is 13.1. The van der Waals surface area contributed by atoms with Crippen LogP contribution < -0.4 is 5.32 Å². The Morgan fingerprint density at radius 2 is 2.30 bits per heavy atom. The molecule has 2 N–H and O–H groups in total. The topological polar surface area (TPSA) is 71.7 Å². The number of carbonyl (C=O) groups is 1. The van der Waals surface area contributed by atoms with E-state index in [1.54, 1.807) is 6.07 Å². The zero-order chi connectivity index (χ0) is 13.9. The van der Waals surface area contributed by atoms with Crippen molar-refractivity contribution in [2.24, 2.45) is 0 Å². The van der Waals surface area contributed by atoms with Crippen molar-refractivity contribution in [1.82, 2.24) is 5.32 Å². The van der Waals surface area contributed by atoms with Crippen molar-refractivity contribution in [2.75, 3.05) is 13.2 Å². The van der Waals surface area contributed by atoms with Gasteiger partial charge in [-0.05, 0) is 36.6 Å². The fourth-order valence-corrected chi connectivity index (χ4v) is 2.49. The van der Waals surface area contributed by atoms with Crippen molar-refractivity contribution in [3.63, 3.8) is 0 Å². The number of ether oxygens (including phenoxy) is 1. The van der Waals surface area contributed by atoms with Crippen molar-refractivity contribution in [3.05, 3.63) is 35.6 Å². The van der Waals surface area contributed by atoms with Crippen molar-refractivity contribution < 1.29 is 19.1 Å². The van der Waals surface area contributed by atoms with Crippen LogP contribution in [0.5, 0.6) is 0 Å². The normalized spacial score (nSPS) is 18.7. The highest BCUT2D eigenvalue weighted by atomic mass is 16.5. The number of furan rings is 1. The molecule has 0 radical (unpaired) electrons. The van der Waals surface area contributed by atoms with Crippen LogP contribution >= 0.6 is 0 Å². The van der Waals surface area contributed by atoms with E-state index in [2.05, 4.69) is 5.32 Å². The number of fused-ring (bicyclic) bond motifs is 1. The van der Waals surface area contributed by atoms with E-state index in [0.29, 0.717) is 11.7 Å². The van der Waals surface area contributed by atoms with Gasteiger partial charge in [0.1, 0.15) is 5.58 Å². The molecule has 1 unspecified atom stereocenters. The fourth-order valence-electron chi connectivity index (χ4n) is 2.49. The third-order valence-corrected chi connectivity index (χ3v) is 3.52. The number of carboxylic acids is 1. The Morgan fingerprint density at radius 3 is 3.05 bits per heavy atom. The Labute approximate surface area is 116 Å². The maximum Gasteiger partial charge on any atom is 0.371 e. The predicted octanol–water partition coefficient (Wildman–Crippen LogP) is 2.40. The summed E-state index contributed by atoms with van der Waals surface area (Å²) >= 11 is 0. The Bertz CT molecular complexity index is 613. The van der Waals surface area contributed by atoms with E-state index in [4.69, 9.17) is 14.3 Å². The summed E-state index contributed by atoms with van der Waals surface area (Å²) in [6.45, 7) is 2.46. The number of hydrogen-bond donors (Lipinski definition) is 2. The molecule has 2 heterocycles. The molecule has 0 spiro atoms. The molecule has 1 saturated heterocycles. The Morgan fingerprint density at radius 1 is 1.40 bits per heavy atom. The van der Waals surface area contributed by atoms with Gasteiger partial charge in [0.05, 0.1) is 6.10 Å². The molecule has 0 aliphatic carbocycles. The van der Waals surface area contributed by atoms with Crippen LogP contribution in [0.1, 0.15) is 29.0 Å². The van der Waals surface area contributed by atoms with Gasteiger partial charge in [0.25, 0.3) is 0 Å². The molecular weight excluding hydrogens is 258 g/mol. The highest BCUT2D eigenvalue weighted by Gasteiger charge is 2.14. The third-order valence-electron chi connectivity index (χ3n) is 3.52. The van der Waals surface area contributed by atoms with Crippen LogP contribution in [0.2, 0.25) is 0 Å². The molecule has 3 rings (SSSR count). The average Bonchev–Trinajstić information content (AvgIpc) is 3.06. The van der Waals surface area contributed by atoms with E-state index in [1.165, 1.54) is 0 Å². The van der Waals surface area contributed by atoms with Gasteiger partial charge in [-0.3, -0.25) is 0 Å². The van der Waals surface area contributed by atoms with Crippen molar-refractivity contribution >= 4 is 16.9 Å². The van der Waals surface area contributed by atoms with E-state index in [1.807, 2.05) is 18.2 Å². The zero-order valence-corrected chi connectivity index (χ0v) is 11.1. The van der Waals surface area contributed by atoms with Gasteiger partial charge in [0.15, 0.2) is 0 Å². The maximum atomic E-state index is 10.9. The van der Waals surface area contributed by atoms with Crippen LogP contribution in [-0.2, 0) is 11.3 Å². The Balaban J connectivity index is 1.64. The summed E-state index contributed by atoms with van der Waals surface area (Å²) in [7, 11) is 0. The molecule has 0 saturated carbocycles. The molecule has 1 aliphatic heterocycles. The lowest BCUT2D eigenvalue weighted by atomic mass is 10.1. The van der Waals surface area contributed by atoms with Gasteiger partial charge in [0, 0.05) is 25.1 Å². The number of hydrogen-bond acceptors (Lipinski definition) is 4. The van der Waals surface area contributed by atoms with Crippen LogP contribution in [0.15, 0.2) is 28.7 Å². The van der Waals surface area contributed by atoms with Gasteiger partial charge in [-0.1, -0.05) is 6.07 Å². The van der Waals surface area contributed by atoms with Crippen LogP contribution in [0.3, 0.4) is 0 Å². The van der Waals surface area contributed by atoms with Crippen LogP contribution in [0.4, 0.5) is 0 Å². The summed E-state index contributed by atoms with van der Waals surface area (Å²) in [5.41, 5.74) is 1.71. The van der Waals surface area contributed by atoms with E-state index in [9.17, 15) is 4.79 Å². The summed E-state index contributed by atoms with van der Waals surface area (Å²) in [6, 6.07) is 7.26. The lowest BCUT2D eigenvalue weighted by Gasteiger charge is -2.10. The largest absolute Gasteiger partial charge is 0.475 e. The highest BCUT2D eigenvalue weighted by molar-refractivity contribution is 5.91. The number of benzene rings is 1. The second-order valence-electron chi connectivity index (χ2n) is 5.05. The number of carboxylic acid groups (broad SMARTS) is 1. The predicted molar refractivity (Wildman–Crippen MR) is 73.9 cm³/mol. The fraction of sp³-hybridized carbons (Fsp3) is 0.400. The Kier molecular flexibility index (Phi) is 3.71. The summed E-state index contributed by atoms with van der Waals surface area (Å²) in [6.07, 6.45) is 2.59. The molecule has 1 aromatic heterocycles. The molecule has 1 fully saturated rings. The van der Waals surface area contributed by atoms with E-state index in [0.717, 1.165) is 43.5 Å². The summed E-state index contributed by atoms with van der Waals surface area (Å²) in [4.78, 5) is 10.9. The third kappa shape index (κ3) is 2.84. The average molecular weight is 275 g/mol. The molecule has 2 aromatic rings. The number of rotatable bonds is 5. The minimum atomic E-state index is -1.04. The van der Waals surface area contributed by atoms with Gasteiger partial charge in [0.2, 0.25) is 5.76 Å². The van der Waals surface area contributed by atoms with E-state index < -0.39 is 5.97 Å². The summed E-state index contributed by atoms with van der Waals surface area (Å²) in [5.74, 6) is -1.07. The molecule has 106 valence electrons. The lowest BCUT2D eigenvalue weighted by Crippen LogP contribution is -2.25. The van der Waals surface area contributed by atoms with Crippen LogP contribution in [0, 0.1) is 0 Å². The van der Waals surface area contributed by atoms with Gasteiger partial charge < -0.3 is 19.6 Å². The smallest absolute Gasteiger partial charge is 0.371 e. The van der Waals surface area contributed by atoms with Gasteiger partial charge in [-0.15, -0.1) is 0 Å². The van der Waals surface area contributed by atoms with Crippen LogP contribution in [-0.4, -0.2) is 30.3 Å². The second kappa shape index (κ2) is 5.64. The molecule has 1 atom stereocenters. The zero-order valence-electron chi connectivity index (χ0n) is 11.1. The first-order valence-electron chi connectivity index (χ1n) is 6.80. The minimum absolute atomic E-state index is 0.0236. The second-order valence-corrected chi connectivity index (χ2v) is 5.05. The minimum Gasteiger partial charge on any atom is -0.475 e. The molecular formula is C15H17NO4. The van der Waals surface area contributed by atoms with Gasteiger partial charge in [-0.25, -0.2) is 4.79 Å².